The molecule has 96 valence electrons. The first-order chi connectivity index (χ1) is 8.54. The van der Waals surface area contributed by atoms with Crippen molar-refractivity contribution in [3.05, 3.63) is 22.3 Å². The summed E-state index contributed by atoms with van der Waals surface area (Å²) in [6.45, 7) is 5.94. The number of ether oxygens (including phenoxy) is 1. The Bertz CT molecular complexity index is 568. The first-order valence-electron chi connectivity index (χ1n) is 5.49. The Morgan fingerprint density at radius 1 is 1.56 bits per heavy atom. The number of aromatic nitrogens is 3. The second-order valence-electron chi connectivity index (χ2n) is 3.71. The van der Waals surface area contributed by atoms with Crippen LogP contribution in [-0.2, 0) is 4.74 Å². The number of esters is 1. The summed E-state index contributed by atoms with van der Waals surface area (Å²) < 4.78 is 6.35. The van der Waals surface area contributed by atoms with Gasteiger partial charge in [-0.3, -0.25) is 0 Å². The van der Waals surface area contributed by atoms with Crippen LogP contribution in [0.25, 0.3) is 5.13 Å². The van der Waals surface area contributed by atoms with Crippen molar-refractivity contribution in [2.45, 2.75) is 20.8 Å². The van der Waals surface area contributed by atoms with Gasteiger partial charge < -0.3 is 10.5 Å². The maximum absolute atomic E-state index is 11.6. The van der Waals surface area contributed by atoms with E-state index in [-0.39, 0.29) is 11.4 Å². The molecule has 0 bridgehead atoms. The predicted octanol–water partition coefficient (Wildman–Crippen LogP) is 1.70. The monoisotopic (exact) mass is 266 g/mol. The van der Waals surface area contributed by atoms with Crippen LogP contribution in [0, 0.1) is 13.8 Å². The number of carbonyl (C=O) groups is 1. The molecule has 0 fully saturated rings. The summed E-state index contributed by atoms with van der Waals surface area (Å²) in [5.41, 5.74) is 7.09. The molecule has 0 saturated carbocycles. The summed E-state index contributed by atoms with van der Waals surface area (Å²) in [6.07, 6.45) is 1.40. The van der Waals surface area contributed by atoms with Crippen molar-refractivity contribution < 1.29 is 9.53 Å². The molecule has 2 heterocycles. The Kier molecular flexibility index (Phi) is 3.33. The molecule has 6 nitrogen and oxygen atoms in total. The fraction of sp³-hybridized carbons (Fsp3) is 0.364. The number of thiazole rings is 1. The van der Waals surface area contributed by atoms with Gasteiger partial charge in [0.2, 0.25) is 5.13 Å². The summed E-state index contributed by atoms with van der Waals surface area (Å²) in [7, 11) is 0. The summed E-state index contributed by atoms with van der Waals surface area (Å²) in [5, 5.41) is 4.73. The first kappa shape index (κ1) is 12.6. The van der Waals surface area contributed by atoms with Crippen LogP contribution < -0.4 is 5.73 Å². The molecule has 0 aliphatic carbocycles. The van der Waals surface area contributed by atoms with Gasteiger partial charge >= 0.3 is 5.97 Å². The summed E-state index contributed by atoms with van der Waals surface area (Å²) >= 11 is 1.48. The van der Waals surface area contributed by atoms with Crippen LogP contribution in [0.5, 0.6) is 0 Å². The summed E-state index contributed by atoms with van der Waals surface area (Å²) in [5.74, 6) is -0.214. The van der Waals surface area contributed by atoms with Crippen molar-refractivity contribution in [1.29, 1.82) is 0 Å². The highest BCUT2D eigenvalue weighted by atomic mass is 32.1. The number of anilines is 1. The van der Waals surface area contributed by atoms with Gasteiger partial charge in [0.05, 0.1) is 18.5 Å². The van der Waals surface area contributed by atoms with Gasteiger partial charge in [-0.15, -0.1) is 0 Å². The molecule has 0 aliphatic heterocycles. The zero-order valence-electron chi connectivity index (χ0n) is 10.4. The van der Waals surface area contributed by atoms with Gasteiger partial charge in [-0.05, 0) is 20.8 Å². The molecule has 0 radical (unpaired) electrons. The molecule has 2 aromatic heterocycles. The van der Waals surface area contributed by atoms with Crippen molar-refractivity contribution in [3.8, 4) is 5.13 Å². The highest BCUT2D eigenvalue weighted by Gasteiger charge is 2.18. The zero-order chi connectivity index (χ0) is 13.3. The molecular formula is C11H14N4O2S. The highest BCUT2D eigenvalue weighted by molar-refractivity contribution is 7.14. The molecule has 2 rings (SSSR count). The molecule has 0 atom stereocenters. The predicted molar refractivity (Wildman–Crippen MR) is 69.1 cm³/mol. The number of hydrogen-bond acceptors (Lipinski definition) is 6. The van der Waals surface area contributed by atoms with E-state index in [1.165, 1.54) is 22.2 Å². The van der Waals surface area contributed by atoms with Gasteiger partial charge in [0.15, 0.2) is 0 Å². The SMILES string of the molecule is CCOC(=O)c1cnn(-c2nc(C)c(C)s2)c1N. The van der Waals surface area contributed by atoms with E-state index in [1.807, 2.05) is 13.8 Å². The molecule has 0 spiro atoms. The number of hydrogen-bond donors (Lipinski definition) is 1. The first-order valence-corrected chi connectivity index (χ1v) is 6.31. The maximum Gasteiger partial charge on any atom is 0.343 e. The topological polar surface area (TPSA) is 83.0 Å². The number of nitrogens with two attached hydrogens (primary N) is 1. The number of aryl methyl sites for hydroxylation is 2. The second-order valence-corrected chi connectivity index (χ2v) is 4.90. The van der Waals surface area contributed by atoms with E-state index in [1.54, 1.807) is 6.92 Å². The van der Waals surface area contributed by atoms with Crippen molar-refractivity contribution in [1.82, 2.24) is 14.8 Å². The van der Waals surface area contributed by atoms with E-state index < -0.39 is 5.97 Å². The van der Waals surface area contributed by atoms with Crippen molar-refractivity contribution in [2.24, 2.45) is 0 Å². The maximum atomic E-state index is 11.6. The van der Waals surface area contributed by atoms with Crippen molar-refractivity contribution in [3.63, 3.8) is 0 Å². The van der Waals surface area contributed by atoms with E-state index in [9.17, 15) is 4.79 Å². The highest BCUT2D eigenvalue weighted by Crippen LogP contribution is 2.24. The quantitative estimate of drug-likeness (QED) is 0.855. The minimum Gasteiger partial charge on any atom is -0.462 e. The fourth-order valence-electron chi connectivity index (χ4n) is 1.42. The lowest BCUT2D eigenvalue weighted by atomic mass is 10.3. The number of carbonyl (C=O) groups excluding carboxylic acids is 1. The standard InChI is InChI=1S/C11H14N4O2S/c1-4-17-10(16)8-5-13-15(9(8)12)11-14-6(2)7(3)18-11/h5H,4,12H2,1-3H3. The molecule has 0 saturated heterocycles. The molecule has 18 heavy (non-hydrogen) atoms. The van der Waals surface area contributed by atoms with Crippen LogP contribution in [0.3, 0.4) is 0 Å². The van der Waals surface area contributed by atoms with Crippen LogP contribution in [0.2, 0.25) is 0 Å². The minimum absolute atomic E-state index is 0.252. The molecule has 0 unspecified atom stereocenters. The van der Waals surface area contributed by atoms with Gasteiger partial charge in [-0.25, -0.2) is 9.78 Å². The number of rotatable bonds is 3. The van der Waals surface area contributed by atoms with Crippen LogP contribution in [0.1, 0.15) is 27.9 Å². The van der Waals surface area contributed by atoms with Gasteiger partial charge in [0.1, 0.15) is 11.4 Å². The van der Waals surface area contributed by atoms with E-state index in [2.05, 4.69) is 10.1 Å². The largest absolute Gasteiger partial charge is 0.462 e. The molecular weight excluding hydrogens is 252 g/mol. The number of nitrogen functional groups attached to an aromatic ring is 1. The average Bonchev–Trinajstić information content (AvgIpc) is 2.84. The van der Waals surface area contributed by atoms with Gasteiger partial charge in [-0.1, -0.05) is 11.3 Å². The number of nitrogens with zero attached hydrogens (tertiary/aromatic N) is 3. The van der Waals surface area contributed by atoms with Crippen molar-refractivity contribution >= 4 is 23.1 Å². The average molecular weight is 266 g/mol. The lowest BCUT2D eigenvalue weighted by Gasteiger charge is -2.01. The van der Waals surface area contributed by atoms with E-state index in [0.29, 0.717) is 11.7 Å². The van der Waals surface area contributed by atoms with E-state index in [0.717, 1.165) is 10.6 Å². The lowest BCUT2D eigenvalue weighted by Crippen LogP contribution is -2.08. The zero-order valence-corrected chi connectivity index (χ0v) is 11.2. The summed E-state index contributed by atoms with van der Waals surface area (Å²) in [6, 6.07) is 0. The fourth-order valence-corrected chi connectivity index (χ4v) is 2.30. The second kappa shape index (κ2) is 4.77. The normalized spacial score (nSPS) is 10.6. The molecule has 2 N–H and O–H groups in total. The Balaban J connectivity index is 2.39. The van der Waals surface area contributed by atoms with E-state index >= 15 is 0 Å². The molecule has 2 aromatic rings. The van der Waals surface area contributed by atoms with Gasteiger partial charge in [-0.2, -0.15) is 9.78 Å². The van der Waals surface area contributed by atoms with Gasteiger partial charge in [0.25, 0.3) is 0 Å². The molecule has 0 aromatic carbocycles. The lowest BCUT2D eigenvalue weighted by molar-refractivity contribution is 0.0527. The van der Waals surface area contributed by atoms with Gasteiger partial charge in [0, 0.05) is 4.88 Å². The third-order valence-electron chi connectivity index (χ3n) is 2.50. The smallest absolute Gasteiger partial charge is 0.343 e. The Hall–Kier alpha value is -1.89. The summed E-state index contributed by atoms with van der Waals surface area (Å²) in [4.78, 5) is 17.1. The van der Waals surface area contributed by atoms with Crippen LogP contribution in [0.4, 0.5) is 5.82 Å². The Morgan fingerprint density at radius 2 is 2.28 bits per heavy atom. The molecule has 7 heteroatoms. The van der Waals surface area contributed by atoms with Crippen LogP contribution in [-0.4, -0.2) is 27.3 Å². The van der Waals surface area contributed by atoms with Crippen LogP contribution >= 0.6 is 11.3 Å². The van der Waals surface area contributed by atoms with E-state index in [4.69, 9.17) is 10.5 Å². The Morgan fingerprint density at radius 3 is 2.83 bits per heavy atom. The molecule has 0 amide bonds. The molecule has 0 aliphatic rings. The minimum atomic E-state index is -0.466. The Labute approximate surface area is 108 Å². The van der Waals surface area contributed by atoms with Crippen LogP contribution in [0.15, 0.2) is 6.20 Å². The third kappa shape index (κ3) is 2.08. The third-order valence-corrected chi connectivity index (χ3v) is 3.55. The van der Waals surface area contributed by atoms with Crippen molar-refractivity contribution in [2.75, 3.05) is 12.3 Å².